The highest BCUT2D eigenvalue weighted by atomic mass is 16.2. The molecule has 0 spiro atoms. The van der Waals surface area contributed by atoms with Crippen LogP contribution < -0.4 is 5.43 Å². The Morgan fingerprint density at radius 1 is 1.33 bits per heavy atom. The van der Waals surface area contributed by atoms with Crippen LogP contribution in [0.5, 0.6) is 0 Å². The molecule has 1 aliphatic heterocycles. The van der Waals surface area contributed by atoms with Gasteiger partial charge >= 0.3 is 0 Å². The second kappa shape index (κ2) is 8.39. The minimum atomic E-state index is -0.0571. The van der Waals surface area contributed by atoms with Crippen LogP contribution in [0.1, 0.15) is 46.5 Å². The zero-order valence-electron chi connectivity index (χ0n) is 13.2. The monoisotopic (exact) mass is 291 g/mol. The van der Waals surface area contributed by atoms with Gasteiger partial charge < -0.3 is 4.90 Å². The van der Waals surface area contributed by atoms with E-state index in [0.717, 1.165) is 30.7 Å². The first kappa shape index (κ1) is 17.1. The normalized spacial score (nSPS) is 15.2. The molecule has 116 valence electrons. The van der Waals surface area contributed by atoms with Crippen molar-refractivity contribution in [2.75, 3.05) is 6.54 Å². The third-order valence-electron chi connectivity index (χ3n) is 3.51. The van der Waals surface area contributed by atoms with Crippen LogP contribution in [0.2, 0.25) is 0 Å². The lowest BCUT2D eigenvalue weighted by molar-refractivity contribution is -0.123. The van der Waals surface area contributed by atoms with Gasteiger partial charge in [-0.05, 0) is 31.8 Å². The van der Waals surface area contributed by atoms with E-state index in [0.29, 0.717) is 18.9 Å². The third kappa shape index (κ3) is 5.94. The Hall–Kier alpha value is -1.91. The van der Waals surface area contributed by atoms with E-state index in [1.807, 2.05) is 20.8 Å². The SMILES string of the molecule is C=C1C=CC(=O)N1CCCCCC(=O)N/N=C(\C)C(C)C. The average Bonchev–Trinajstić information content (AvgIpc) is 2.75. The highest BCUT2D eigenvalue weighted by Gasteiger charge is 2.17. The summed E-state index contributed by atoms with van der Waals surface area (Å²) in [5.74, 6) is 0.277. The molecular weight excluding hydrogens is 266 g/mol. The molecule has 5 nitrogen and oxygen atoms in total. The quantitative estimate of drug-likeness (QED) is 0.424. The zero-order chi connectivity index (χ0) is 15.8. The maximum Gasteiger partial charge on any atom is 0.251 e. The predicted molar refractivity (Wildman–Crippen MR) is 84.6 cm³/mol. The Labute approximate surface area is 126 Å². The van der Waals surface area contributed by atoms with E-state index in [-0.39, 0.29) is 11.8 Å². The standard InChI is InChI=1S/C16H25N3O2/c1-12(2)14(4)17-18-15(20)8-6-5-7-11-19-13(3)9-10-16(19)21/h9-10,12H,3,5-8,11H2,1-2,4H3,(H,18,20)/b17-14+. The van der Waals surface area contributed by atoms with Crippen molar-refractivity contribution in [1.29, 1.82) is 0 Å². The number of carbonyl (C=O) groups is 2. The van der Waals surface area contributed by atoms with E-state index in [9.17, 15) is 9.59 Å². The van der Waals surface area contributed by atoms with Crippen molar-refractivity contribution in [3.05, 3.63) is 24.4 Å². The molecule has 1 heterocycles. The number of allylic oxidation sites excluding steroid dienone is 1. The van der Waals surface area contributed by atoms with Crippen molar-refractivity contribution in [2.45, 2.75) is 46.5 Å². The molecule has 0 saturated carbocycles. The smallest absolute Gasteiger partial charge is 0.251 e. The summed E-state index contributed by atoms with van der Waals surface area (Å²) in [6, 6.07) is 0. The van der Waals surface area contributed by atoms with Gasteiger partial charge in [0.15, 0.2) is 0 Å². The topological polar surface area (TPSA) is 61.8 Å². The van der Waals surface area contributed by atoms with Crippen LogP contribution in [0.15, 0.2) is 29.5 Å². The van der Waals surface area contributed by atoms with E-state index >= 15 is 0 Å². The van der Waals surface area contributed by atoms with Crippen molar-refractivity contribution < 1.29 is 9.59 Å². The fraction of sp³-hybridized carbons (Fsp3) is 0.562. The molecule has 0 aromatic heterocycles. The van der Waals surface area contributed by atoms with Crippen LogP contribution in [0.25, 0.3) is 0 Å². The average molecular weight is 291 g/mol. The van der Waals surface area contributed by atoms with Crippen molar-refractivity contribution in [1.82, 2.24) is 10.3 Å². The number of amides is 2. The summed E-state index contributed by atoms with van der Waals surface area (Å²) in [4.78, 5) is 24.7. The van der Waals surface area contributed by atoms with Gasteiger partial charge in [-0.1, -0.05) is 26.8 Å². The Morgan fingerprint density at radius 3 is 2.62 bits per heavy atom. The van der Waals surface area contributed by atoms with Gasteiger partial charge in [-0.2, -0.15) is 5.10 Å². The molecule has 0 aliphatic carbocycles. The highest BCUT2D eigenvalue weighted by molar-refractivity contribution is 5.93. The molecule has 21 heavy (non-hydrogen) atoms. The number of hydrogen-bond donors (Lipinski definition) is 1. The summed E-state index contributed by atoms with van der Waals surface area (Å²) in [5, 5.41) is 4.05. The molecule has 2 amide bonds. The number of unbranched alkanes of at least 4 members (excludes halogenated alkanes) is 2. The summed E-state index contributed by atoms with van der Waals surface area (Å²) < 4.78 is 0. The minimum absolute atomic E-state index is 0.00348. The largest absolute Gasteiger partial charge is 0.309 e. The molecule has 0 unspecified atom stereocenters. The first-order valence-corrected chi connectivity index (χ1v) is 7.43. The van der Waals surface area contributed by atoms with Crippen molar-refractivity contribution in [3.8, 4) is 0 Å². The van der Waals surface area contributed by atoms with Crippen LogP contribution in [0, 0.1) is 5.92 Å². The van der Waals surface area contributed by atoms with Crippen molar-refractivity contribution in [2.24, 2.45) is 11.0 Å². The van der Waals surface area contributed by atoms with E-state index in [2.05, 4.69) is 17.1 Å². The first-order valence-electron chi connectivity index (χ1n) is 7.43. The summed E-state index contributed by atoms with van der Waals surface area (Å²) in [6.07, 6.45) is 6.28. The van der Waals surface area contributed by atoms with Gasteiger partial charge in [0.25, 0.3) is 5.91 Å². The van der Waals surface area contributed by atoms with Gasteiger partial charge in [0.05, 0.1) is 0 Å². The maximum atomic E-state index is 11.6. The highest BCUT2D eigenvalue weighted by Crippen LogP contribution is 2.14. The van der Waals surface area contributed by atoms with Crippen LogP contribution in [0.4, 0.5) is 0 Å². The number of carbonyl (C=O) groups excluding carboxylic acids is 2. The lowest BCUT2D eigenvalue weighted by Crippen LogP contribution is -2.24. The number of nitrogens with one attached hydrogen (secondary N) is 1. The molecule has 1 aliphatic rings. The molecule has 0 fully saturated rings. The lowest BCUT2D eigenvalue weighted by atomic mass is 10.1. The van der Waals surface area contributed by atoms with Crippen LogP contribution in [-0.4, -0.2) is 29.0 Å². The summed E-state index contributed by atoms with van der Waals surface area (Å²) in [6.45, 7) is 10.4. The lowest BCUT2D eigenvalue weighted by Gasteiger charge is -2.16. The molecule has 1 N–H and O–H groups in total. The molecule has 1 rings (SSSR count). The number of hydrazone groups is 1. The van der Waals surface area contributed by atoms with Gasteiger partial charge in [-0.15, -0.1) is 0 Å². The molecule has 5 heteroatoms. The van der Waals surface area contributed by atoms with Crippen LogP contribution in [-0.2, 0) is 9.59 Å². The Balaban J connectivity index is 2.12. The van der Waals surface area contributed by atoms with Crippen molar-refractivity contribution in [3.63, 3.8) is 0 Å². The molecular formula is C16H25N3O2. The molecule has 0 aromatic carbocycles. The summed E-state index contributed by atoms with van der Waals surface area (Å²) >= 11 is 0. The molecule has 0 bridgehead atoms. The van der Waals surface area contributed by atoms with Gasteiger partial charge in [0, 0.05) is 30.5 Å². The number of rotatable bonds is 8. The van der Waals surface area contributed by atoms with E-state index in [4.69, 9.17) is 0 Å². The fourth-order valence-electron chi connectivity index (χ4n) is 1.81. The zero-order valence-corrected chi connectivity index (χ0v) is 13.2. The molecule has 0 aromatic rings. The van der Waals surface area contributed by atoms with Gasteiger partial charge in [0.2, 0.25) is 5.91 Å². The number of hydrogen-bond acceptors (Lipinski definition) is 3. The molecule has 0 saturated heterocycles. The van der Waals surface area contributed by atoms with Crippen molar-refractivity contribution >= 4 is 17.5 Å². The number of nitrogens with zero attached hydrogens (tertiary/aromatic N) is 2. The van der Waals surface area contributed by atoms with Crippen LogP contribution >= 0.6 is 0 Å². The van der Waals surface area contributed by atoms with Crippen LogP contribution in [0.3, 0.4) is 0 Å². The molecule has 0 radical (unpaired) electrons. The summed E-state index contributed by atoms with van der Waals surface area (Å²) in [5.41, 5.74) is 4.24. The Bertz CT molecular complexity index is 446. The second-order valence-corrected chi connectivity index (χ2v) is 5.57. The minimum Gasteiger partial charge on any atom is -0.309 e. The first-order chi connectivity index (χ1) is 9.91. The Kier molecular flexibility index (Phi) is 6.85. The van der Waals surface area contributed by atoms with E-state index in [1.165, 1.54) is 6.08 Å². The van der Waals surface area contributed by atoms with E-state index in [1.54, 1.807) is 11.0 Å². The second-order valence-electron chi connectivity index (χ2n) is 5.57. The molecule has 0 atom stereocenters. The van der Waals surface area contributed by atoms with Gasteiger partial charge in [-0.25, -0.2) is 5.43 Å². The fourth-order valence-corrected chi connectivity index (χ4v) is 1.81. The predicted octanol–water partition coefficient (Wildman–Crippen LogP) is 2.61. The third-order valence-corrected chi connectivity index (χ3v) is 3.51. The summed E-state index contributed by atoms with van der Waals surface area (Å²) in [7, 11) is 0. The van der Waals surface area contributed by atoms with Gasteiger partial charge in [-0.3, -0.25) is 9.59 Å². The van der Waals surface area contributed by atoms with Gasteiger partial charge in [0.1, 0.15) is 0 Å². The van der Waals surface area contributed by atoms with E-state index < -0.39 is 0 Å². The maximum absolute atomic E-state index is 11.6. The Morgan fingerprint density at radius 2 is 2.05 bits per heavy atom.